The Labute approximate surface area is 103 Å². The van der Waals surface area contributed by atoms with Gasteiger partial charge in [0.2, 0.25) is 0 Å². The lowest BCUT2D eigenvalue weighted by Crippen LogP contribution is -2.36. The smallest absolute Gasteiger partial charge is 0.140 e. The topological polar surface area (TPSA) is 52.0 Å². The summed E-state index contributed by atoms with van der Waals surface area (Å²) in [5.41, 5.74) is 1.41. The molecule has 1 N–H and O–H groups in total. The Kier molecular flexibility index (Phi) is 4.92. The van der Waals surface area contributed by atoms with E-state index in [2.05, 4.69) is 43.1 Å². The maximum Gasteiger partial charge on any atom is 0.140 e. The van der Waals surface area contributed by atoms with Crippen LogP contribution >= 0.6 is 0 Å². The maximum atomic E-state index is 8.68. The summed E-state index contributed by atoms with van der Waals surface area (Å²) in [5.74, 6) is 0.535. The Morgan fingerprint density at radius 3 is 2.53 bits per heavy atom. The predicted octanol–water partition coefficient (Wildman–Crippen LogP) is 1.95. The van der Waals surface area contributed by atoms with Gasteiger partial charge in [-0.25, -0.2) is 4.98 Å². The lowest BCUT2D eigenvalue weighted by molar-refractivity contribution is 0.344. The molecule has 1 unspecified atom stereocenters. The van der Waals surface area contributed by atoms with Crippen molar-refractivity contribution in [2.75, 3.05) is 26.0 Å². The molecule has 1 aromatic heterocycles. The maximum absolute atomic E-state index is 8.68. The zero-order valence-corrected chi connectivity index (χ0v) is 10.9. The molecule has 92 valence electrons. The molecule has 0 aliphatic carbocycles. The first-order chi connectivity index (χ1) is 8.02. The SMILES string of the molecule is CC(C)C(CN(C)C)Nc1ccc(C#N)nc1. The lowest BCUT2D eigenvalue weighted by atomic mass is 10.0. The highest BCUT2D eigenvalue weighted by atomic mass is 15.1. The van der Waals surface area contributed by atoms with E-state index in [1.165, 1.54) is 0 Å². The highest BCUT2D eigenvalue weighted by molar-refractivity contribution is 5.43. The van der Waals surface area contributed by atoms with Crippen molar-refractivity contribution in [3.05, 3.63) is 24.0 Å². The number of nitrogens with one attached hydrogen (secondary N) is 1. The summed E-state index contributed by atoms with van der Waals surface area (Å²) in [7, 11) is 4.13. The van der Waals surface area contributed by atoms with Crippen molar-refractivity contribution in [1.29, 1.82) is 5.26 Å². The monoisotopic (exact) mass is 232 g/mol. The summed E-state index contributed by atoms with van der Waals surface area (Å²) < 4.78 is 0. The molecule has 0 saturated heterocycles. The van der Waals surface area contributed by atoms with Crippen LogP contribution in [0.5, 0.6) is 0 Å². The Morgan fingerprint density at radius 1 is 1.41 bits per heavy atom. The van der Waals surface area contributed by atoms with Crippen LogP contribution in [0.3, 0.4) is 0 Å². The van der Waals surface area contributed by atoms with Crippen molar-refractivity contribution >= 4 is 5.69 Å². The van der Waals surface area contributed by atoms with Crippen LogP contribution in [0.4, 0.5) is 5.69 Å². The quantitative estimate of drug-likeness (QED) is 0.843. The normalized spacial score (nSPS) is 12.5. The number of nitrogens with zero attached hydrogens (tertiary/aromatic N) is 3. The van der Waals surface area contributed by atoms with Gasteiger partial charge in [-0.3, -0.25) is 0 Å². The zero-order chi connectivity index (χ0) is 12.8. The van der Waals surface area contributed by atoms with Crippen LogP contribution in [0, 0.1) is 17.2 Å². The van der Waals surface area contributed by atoms with Gasteiger partial charge in [-0.15, -0.1) is 0 Å². The molecule has 0 radical (unpaired) electrons. The zero-order valence-electron chi connectivity index (χ0n) is 10.9. The number of hydrogen-bond acceptors (Lipinski definition) is 4. The fraction of sp³-hybridized carbons (Fsp3) is 0.538. The summed E-state index contributed by atoms with van der Waals surface area (Å²) >= 11 is 0. The van der Waals surface area contributed by atoms with Gasteiger partial charge in [0.1, 0.15) is 11.8 Å². The second-order valence-corrected chi connectivity index (χ2v) is 4.80. The van der Waals surface area contributed by atoms with E-state index >= 15 is 0 Å². The lowest BCUT2D eigenvalue weighted by Gasteiger charge is -2.26. The Hall–Kier alpha value is -1.60. The molecule has 0 saturated carbocycles. The summed E-state index contributed by atoms with van der Waals surface area (Å²) in [5, 5.41) is 12.1. The van der Waals surface area contributed by atoms with Crippen LogP contribution in [0.2, 0.25) is 0 Å². The van der Waals surface area contributed by atoms with Crippen LogP contribution in [0.25, 0.3) is 0 Å². The molecule has 4 nitrogen and oxygen atoms in total. The Bertz CT molecular complexity index is 375. The van der Waals surface area contributed by atoms with E-state index < -0.39 is 0 Å². The van der Waals surface area contributed by atoms with Crippen LogP contribution < -0.4 is 5.32 Å². The van der Waals surface area contributed by atoms with Crippen molar-refractivity contribution < 1.29 is 0 Å². The Balaban J connectivity index is 2.69. The number of hydrogen-bond donors (Lipinski definition) is 1. The van der Waals surface area contributed by atoms with Crippen molar-refractivity contribution in [2.45, 2.75) is 19.9 Å². The molecule has 0 bridgehead atoms. The molecule has 0 aliphatic heterocycles. The number of nitriles is 1. The van der Waals surface area contributed by atoms with Crippen molar-refractivity contribution in [3.8, 4) is 6.07 Å². The first-order valence-electron chi connectivity index (χ1n) is 5.80. The molecule has 4 heteroatoms. The van der Waals surface area contributed by atoms with Gasteiger partial charge in [0.05, 0.1) is 11.9 Å². The fourth-order valence-corrected chi connectivity index (χ4v) is 1.58. The minimum Gasteiger partial charge on any atom is -0.380 e. The minimum atomic E-state index is 0.375. The highest BCUT2D eigenvalue weighted by Gasteiger charge is 2.14. The average molecular weight is 232 g/mol. The van der Waals surface area contributed by atoms with Crippen LogP contribution in [-0.4, -0.2) is 36.6 Å². The highest BCUT2D eigenvalue weighted by Crippen LogP contribution is 2.12. The first kappa shape index (κ1) is 13.5. The number of aromatic nitrogens is 1. The molecule has 17 heavy (non-hydrogen) atoms. The fourth-order valence-electron chi connectivity index (χ4n) is 1.58. The van der Waals surface area contributed by atoms with E-state index in [-0.39, 0.29) is 0 Å². The van der Waals surface area contributed by atoms with Gasteiger partial charge >= 0.3 is 0 Å². The Morgan fingerprint density at radius 2 is 2.12 bits per heavy atom. The number of pyridine rings is 1. The predicted molar refractivity (Wildman–Crippen MR) is 69.8 cm³/mol. The summed E-state index contributed by atoms with van der Waals surface area (Å²) in [6.45, 7) is 5.36. The van der Waals surface area contributed by atoms with Crippen molar-refractivity contribution in [2.24, 2.45) is 5.92 Å². The summed E-state index contributed by atoms with van der Waals surface area (Å²) in [4.78, 5) is 6.21. The van der Waals surface area contributed by atoms with Gasteiger partial charge < -0.3 is 10.2 Å². The third-order valence-corrected chi connectivity index (χ3v) is 2.60. The van der Waals surface area contributed by atoms with Gasteiger partial charge in [0.25, 0.3) is 0 Å². The van der Waals surface area contributed by atoms with Crippen LogP contribution in [-0.2, 0) is 0 Å². The standard InChI is InChI=1S/C13H20N4/c1-10(2)13(9-17(3)4)16-12-6-5-11(7-14)15-8-12/h5-6,8,10,13,16H,9H2,1-4H3. The van der Waals surface area contributed by atoms with Crippen LogP contribution in [0.15, 0.2) is 18.3 Å². The van der Waals surface area contributed by atoms with E-state index in [0.29, 0.717) is 17.7 Å². The van der Waals surface area contributed by atoms with E-state index in [1.54, 1.807) is 12.3 Å². The second kappa shape index (κ2) is 6.21. The van der Waals surface area contributed by atoms with E-state index in [9.17, 15) is 0 Å². The van der Waals surface area contributed by atoms with Gasteiger partial charge in [0.15, 0.2) is 0 Å². The molecule has 0 aromatic carbocycles. The number of anilines is 1. The van der Waals surface area contributed by atoms with Gasteiger partial charge in [-0.2, -0.15) is 5.26 Å². The molecule has 0 aliphatic rings. The van der Waals surface area contributed by atoms with E-state index in [1.807, 2.05) is 12.1 Å². The molecule has 1 rings (SSSR count). The van der Waals surface area contributed by atoms with Gasteiger partial charge in [-0.1, -0.05) is 13.8 Å². The molecule has 0 spiro atoms. The first-order valence-corrected chi connectivity index (χ1v) is 5.80. The third kappa shape index (κ3) is 4.41. The molecule has 1 aromatic rings. The molecular weight excluding hydrogens is 212 g/mol. The third-order valence-electron chi connectivity index (χ3n) is 2.60. The largest absolute Gasteiger partial charge is 0.380 e. The number of likely N-dealkylation sites (N-methyl/N-ethyl adjacent to an activating group) is 1. The number of rotatable bonds is 5. The second-order valence-electron chi connectivity index (χ2n) is 4.80. The molecule has 0 amide bonds. The molecule has 1 atom stereocenters. The van der Waals surface area contributed by atoms with Gasteiger partial charge in [0, 0.05) is 12.6 Å². The van der Waals surface area contributed by atoms with Gasteiger partial charge in [-0.05, 0) is 32.1 Å². The minimum absolute atomic E-state index is 0.375. The van der Waals surface area contributed by atoms with E-state index in [4.69, 9.17) is 5.26 Å². The van der Waals surface area contributed by atoms with E-state index in [0.717, 1.165) is 12.2 Å². The molecular formula is C13H20N4. The molecule has 1 heterocycles. The van der Waals surface area contributed by atoms with Crippen LogP contribution in [0.1, 0.15) is 19.5 Å². The van der Waals surface area contributed by atoms with Crippen molar-refractivity contribution in [3.63, 3.8) is 0 Å². The summed E-state index contributed by atoms with van der Waals surface area (Å²) in [6.07, 6.45) is 1.71. The van der Waals surface area contributed by atoms with Crippen molar-refractivity contribution in [1.82, 2.24) is 9.88 Å². The average Bonchev–Trinajstić information content (AvgIpc) is 2.28. The summed E-state index contributed by atoms with van der Waals surface area (Å²) in [6, 6.07) is 6.02. The molecule has 0 fully saturated rings.